The fourth-order valence-corrected chi connectivity index (χ4v) is 3.39. The van der Waals surface area contributed by atoms with Gasteiger partial charge in [0.25, 0.3) is 11.8 Å². The van der Waals surface area contributed by atoms with Crippen molar-refractivity contribution in [3.63, 3.8) is 0 Å². The van der Waals surface area contributed by atoms with Crippen molar-refractivity contribution >= 4 is 34.5 Å². The first-order valence-electron chi connectivity index (χ1n) is 9.90. The molecule has 2 N–H and O–H groups in total. The summed E-state index contributed by atoms with van der Waals surface area (Å²) >= 11 is 0. The highest BCUT2D eigenvalue weighted by atomic mass is 16.2. The van der Waals surface area contributed by atoms with Crippen molar-refractivity contribution in [2.75, 3.05) is 5.32 Å². The van der Waals surface area contributed by atoms with Gasteiger partial charge in [0.05, 0.1) is 17.5 Å². The van der Waals surface area contributed by atoms with Gasteiger partial charge < -0.3 is 5.32 Å². The van der Waals surface area contributed by atoms with Gasteiger partial charge in [0, 0.05) is 11.1 Å². The first-order valence-corrected chi connectivity index (χ1v) is 9.90. The van der Waals surface area contributed by atoms with E-state index in [1.807, 2.05) is 67.6 Å². The van der Waals surface area contributed by atoms with Crippen LogP contribution in [0.5, 0.6) is 0 Å². The van der Waals surface area contributed by atoms with Gasteiger partial charge in [-0.3, -0.25) is 9.59 Å². The zero-order chi connectivity index (χ0) is 21.6. The second-order valence-electron chi connectivity index (χ2n) is 7.08. The Balaban J connectivity index is 1.51. The summed E-state index contributed by atoms with van der Waals surface area (Å²) in [5.41, 5.74) is 5.64. The lowest BCUT2D eigenvalue weighted by atomic mass is 10.1. The zero-order valence-electron chi connectivity index (χ0n) is 17.0. The monoisotopic (exact) mass is 407 g/mol. The number of amides is 2. The average Bonchev–Trinajstić information content (AvgIpc) is 2.80. The molecule has 0 fully saturated rings. The zero-order valence-corrected chi connectivity index (χ0v) is 17.0. The minimum atomic E-state index is -0.405. The number of carbonyl (C=O) groups is 2. The van der Waals surface area contributed by atoms with Gasteiger partial charge in [0.15, 0.2) is 0 Å². The predicted molar refractivity (Wildman–Crippen MR) is 125 cm³/mol. The number of nitrogens with one attached hydrogen (secondary N) is 2. The number of carbonyl (C=O) groups excluding carboxylic acids is 2. The third-order valence-electron chi connectivity index (χ3n) is 5.00. The van der Waals surface area contributed by atoms with Gasteiger partial charge in [-0.1, -0.05) is 72.8 Å². The van der Waals surface area contributed by atoms with Crippen LogP contribution in [0.2, 0.25) is 0 Å². The summed E-state index contributed by atoms with van der Waals surface area (Å²) < 4.78 is 0. The molecule has 0 heterocycles. The van der Waals surface area contributed by atoms with Crippen LogP contribution < -0.4 is 10.7 Å². The Hall–Kier alpha value is -4.25. The van der Waals surface area contributed by atoms with Crippen LogP contribution in [-0.2, 0) is 0 Å². The lowest BCUT2D eigenvalue weighted by molar-refractivity contribution is 0.0956. The van der Waals surface area contributed by atoms with Gasteiger partial charge in [0.1, 0.15) is 0 Å². The van der Waals surface area contributed by atoms with Gasteiger partial charge in [-0.2, -0.15) is 5.10 Å². The molecule has 5 nitrogen and oxygen atoms in total. The molecular weight excluding hydrogens is 386 g/mol. The minimum Gasteiger partial charge on any atom is -0.321 e. The maximum absolute atomic E-state index is 12.7. The molecule has 2 amide bonds. The molecule has 4 aromatic carbocycles. The largest absolute Gasteiger partial charge is 0.321 e. The standard InChI is InChI=1S/C26H21N3O2/c1-18-9-2-4-13-21(18)25(30)28-24-16-7-6-15-23(24)26(31)29-27-17-20-12-8-11-19-10-3-5-14-22(19)20/h2-17H,1H3,(H,28,30)(H,29,31)/b27-17-. The normalized spacial score (nSPS) is 10.9. The molecule has 31 heavy (non-hydrogen) atoms. The highest BCUT2D eigenvalue weighted by molar-refractivity contribution is 6.09. The van der Waals surface area contributed by atoms with E-state index in [2.05, 4.69) is 15.8 Å². The van der Waals surface area contributed by atoms with Crippen LogP contribution in [0, 0.1) is 6.92 Å². The van der Waals surface area contributed by atoms with Crippen LogP contribution in [0.3, 0.4) is 0 Å². The number of hydrogen-bond acceptors (Lipinski definition) is 3. The predicted octanol–water partition coefficient (Wildman–Crippen LogP) is 5.16. The number of nitrogens with zero attached hydrogens (tertiary/aromatic N) is 1. The fraction of sp³-hybridized carbons (Fsp3) is 0.0385. The maximum atomic E-state index is 12.7. The van der Waals surface area contributed by atoms with Gasteiger partial charge in [-0.05, 0) is 41.5 Å². The van der Waals surface area contributed by atoms with Crippen LogP contribution in [0.4, 0.5) is 5.69 Å². The smallest absolute Gasteiger partial charge is 0.273 e. The Labute approximate surface area is 180 Å². The van der Waals surface area contributed by atoms with Crippen LogP contribution >= 0.6 is 0 Å². The second-order valence-corrected chi connectivity index (χ2v) is 7.08. The Morgan fingerprint density at radius 3 is 2.26 bits per heavy atom. The molecule has 5 heteroatoms. The summed E-state index contributed by atoms with van der Waals surface area (Å²) in [4.78, 5) is 25.4. The van der Waals surface area contributed by atoms with E-state index in [0.717, 1.165) is 21.9 Å². The summed E-state index contributed by atoms with van der Waals surface area (Å²) in [6, 6.07) is 28.1. The molecule has 0 saturated heterocycles. The third kappa shape index (κ3) is 4.51. The van der Waals surface area contributed by atoms with E-state index in [1.54, 1.807) is 36.5 Å². The van der Waals surface area contributed by atoms with E-state index in [0.29, 0.717) is 16.8 Å². The lowest BCUT2D eigenvalue weighted by Gasteiger charge is -2.11. The van der Waals surface area contributed by atoms with Crippen LogP contribution in [-0.4, -0.2) is 18.0 Å². The molecule has 0 aliphatic heterocycles. The van der Waals surface area contributed by atoms with E-state index < -0.39 is 5.91 Å². The molecule has 0 bridgehead atoms. The van der Waals surface area contributed by atoms with Gasteiger partial charge >= 0.3 is 0 Å². The number of anilines is 1. The molecule has 4 aromatic rings. The number of para-hydroxylation sites is 1. The second kappa shape index (κ2) is 9.05. The molecular formula is C26H21N3O2. The molecule has 0 aliphatic rings. The highest BCUT2D eigenvalue weighted by Crippen LogP contribution is 2.18. The average molecular weight is 407 g/mol. The van der Waals surface area contributed by atoms with Crippen molar-refractivity contribution in [2.45, 2.75) is 6.92 Å². The molecule has 0 unspecified atom stereocenters. The molecule has 0 saturated carbocycles. The highest BCUT2D eigenvalue weighted by Gasteiger charge is 2.14. The van der Waals surface area contributed by atoms with E-state index >= 15 is 0 Å². The number of benzene rings is 4. The SMILES string of the molecule is Cc1ccccc1C(=O)Nc1ccccc1C(=O)N/N=C\c1cccc2ccccc12. The third-order valence-corrected chi connectivity index (χ3v) is 5.00. The Kier molecular flexibility index (Phi) is 5.85. The van der Waals surface area contributed by atoms with Crippen molar-refractivity contribution < 1.29 is 9.59 Å². The number of aryl methyl sites for hydroxylation is 1. The number of hydrogen-bond donors (Lipinski definition) is 2. The first kappa shape index (κ1) is 20.0. The Bertz CT molecular complexity index is 1290. The molecule has 0 atom stereocenters. The topological polar surface area (TPSA) is 70.6 Å². The van der Waals surface area contributed by atoms with Crippen molar-refractivity contribution in [3.05, 3.63) is 113 Å². The Morgan fingerprint density at radius 1 is 0.742 bits per heavy atom. The van der Waals surface area contributed by atoms with Crippen molar-refractivity contribution in [2.24, 2.45) is 5.10 Å². The van der Waals surface area contributed by atoms with Crippen molar-refractivity contribution in [1.82, 2.24) is 5.43 Å². The molecule has 152 valence electrons. The first-order chi connectivity index (χ1) is 15.1. The quantitative estimate of drug-likeness (QED) is 0.354. The lowest BCUT2D eigenvalue weighted by Crippen LogP contribution is -2.21. The van der Waals surface area contributed by atoms with Crippen LogP contribution in [0.25, 0.3) is 10.8 Å². The Morgan fingerprint density at radius 2 is 1.42 bits per heavy atom. The van der Waals surface area contributed by atoms with E-state index in [-0.39, 0.29) is 5.91 Å². The van der Waals surface area contributed by atoms with E-state index in [1.165, 1.54) is 0 Å². The summed E-state index contributed by atoms with van der Waals surface area (Å²) in [7, 11) is 0. The number of hydrazone groups is 1. The number of rotatable bonds is 5. The van der Waals surface area contributed by atoms with Crippen molar-refractivity contribution in [1.29, 1.82) is 0 Å². The van der Waals surface area contributed by atoms with Gasteiger partial charge in [0.2, 0.25) is 0 Å². The molecule has 0 radical (unpaired) electrons. The summed E-state index contributed by atoms with van der Waals surface area (Å²) in [5.74, 6) is -0.672. The maximum Gasteiger partial charge on any atom is 0.273 e. The number of fused-ring (bicyclic) bond motifs is 1. The summed E-state index contributed by atoms with van der Waals surface area (Å²) in [6.45, 7) is 1.87. The molecule has 4 rings (SSSR count). The summed E-state index contributed by atoms with van der Waals surface area (Å²) in [5, 5.41) is 9.10. The van der Waals surface area contributed by atoms with Gasteiger partial charge in [-0.15, -0.1) is 0 Å². The van der Waals surface area contributed by atoms with E-state index in [9.17, 15) is 9.59 Å². The van der Waals surface area contributed by atoms with E-state index in [4.69, 9.17) is 0 Å². The van der Waals surface area contributed by atoms with Crippen molar-refractivity contribution in [3.8, 4) is 0 Å². The van der Waals surface area contributed by atoms with Crippen LogP contribution in [0.1, 0.15) is 31.8 Å². The molecule has 0 aromatic heterocycles. The molecule has 0 spiro atoms. The molecule has 0 aliphatic carbocycles. The minimum absolute atomic E-state index is 0.266. The van der Waals surface area contributed by atoms with Gasteiger partial charge in [-0.25, -0.2) is 5.43 Å². The summed E-state index contributed by atoms with van der Waals surface area (Å²) in [6.07, 6.45) is 1.62. The fourth-order valence-electron chi connectivity index (χ4n) is 3.39. The van der Waals surface area contributed by atoms with Crippen LogP contribution in [0.15, 0.2) is 96.1 Å².